The van der Waals surface area contributed by atoms with E-state index in [-0.39, 0.29) is 11.9 Å². The standard InChI is InChI=1S/C40H38N2O4/c1-24-16-25(2)37-31(17-24)22-41-35-6-4-5-7-36(35)42-23-32-20-28(18-26(3)38(32)46-40(41,42)45-37)9-8-27-11-14-33(15-12-27)44-39(43)34-21-29-10-13-30(34)19-29/h10-18,20,22-23,29-30,34-36H,4-7,19,21H2,1-3H3/q+2/t29?,30?,34?,35-,36?,40?/m1/s1. The van der Waals surface area contributed by atoms with Crippen LogP contribution in [0, 0.1) is 50.4 Å². The first-order valence-corrected chi connectivity index (χ1v) is 16.8. The number of ether oxygens (including phenoxy) is 3. The zero-order valence-corrected chi connectivity index (χ0v) is 26.6. The van der Waals surface area contributed by atoms with Crippen molar-refractivity contribution in [1.29, 1.82) is 0 Å². The number of hydrogen-bond acceptors (Lipinski definition) is 4. The maximum atomic E-state index is 12.7. The summed E-state index contributed by atoms with van der Waals surface area (Å²) in [7, 11) is 0. The fourth-order valence-electron chi connectivity index (χ4n) is 8.77. The summed E-state index contributed by atoms with van der Waals surface area (Å²) in [5.74, 6) is 9.71. The van der Waals surface area contributed by atoms with Crippen LogP contribution in [0.15, 0.2) is 60.7 Å². The Morgan fingerprint density at radius 1 is 0.804 bits per heavy atom. The molecule has 3 heterocycles. The van der Waals surface area contributed by atoms with Gasteiger partial charge in [0.1, 0.15) is 5.75 Å². The normalized spacial score (nSPS) is 29.0. The molecule has 5 unspecified atom stereocenters. The maximum Gasteiger partial charge on any atom is 0.704 e. The minimum Gasteiger partial charge on any atom is -0.426 e. The maximum absolute atomic E-state index is 12.7. The largest absolute Gasteiger partial charge is 0.704 e. The first-order chi connectivity index (χ1) is 22.3. The summed E-state index contributed by atoms with van der Waals surface area (Å²) in [4.78, 5) is 12.7. The Hall–Kier alpha value is -4.63. The van der Waals surface area contributed by atoms with Crippen LogP contribution in [0.2, 0.25) is 0 Å². The predicted molar refractivity (Wildman–Crippen MR) is 175 cm³/mol. The van der Waals surface area contributed by atoms with E-state index in [1.165, 1.54) is 18.4 Å². The molecule has 6 aliphatic rings. The molecule has 6 atom stereocenters. The Bertz CT molecular complexity index is 1980. The molecule has 3 aromatic rings. The molecule has 9 rings (SSSR count). The van der Waals surface area contributed by atoms with Crippen LogP contribution in [0.25, 0.3) is 0 Å². The van der Waals surface area contributed by atoms with Gasteiger partial charge in [-0.05, 0) is 117 Å². The number of fused-ring (bicyclic) bond motifs is 7. The zero-order chi connectivity index (χ0) is 31.2. The predicted octanol–water partition coefficient (Wildman–Crippen LogP) is 6.41. The fourth-order valence-corrected chi connectivity index (χ4v) is 8.77. The molecule has 1 spiro atoms. The van der Waals surface area contributed by atoms with Gasteiger partial charge < -0.3 is 14.2 Å². The number of nitrogens with zero attached hydrogens (tertiary/aromatic N) is 2. The van der Waals surface area contributed by atoms with Crippen molar-refractivity contribution in [3.8, 4) is 29.1 Å². The molecule has 0 radical (unpaired) electrons. The molecular formula is C40H38N2O4+2. The number of rotatable bonds is 2. The highest BCUT2D eigenvalue weighted by Crippen LogP contribution is 2.46. The van der Waals surface area contributed by atoms with Gasteiger partial charge in [-0.2, -0.15) is 0 Å². The highest BCUT2D eigenvalue weighted by Gasteiger charge is 2.76. The summed E-state index contributed by atoms with van der Waals surface area (Å²) in [6, 6.07) is 15.7. The van der Waals surface area contributed by atoms with E-state index >= 15 is 0 Å². The minimum atomic E-state index is -1.03. The van der Waals surface area contributed by atoms with Crippen LogP contribution in [-0.4, -0.2) is 45.7 Å². The second-order valence-corrected chi connectivity index (χ2v) is 14.0. The number of esters is 1. The lowest BCUT2D eigenvalue weighted by atomic mass is 9.91. The van der Waals surface area contributed by atoms with Crippen LogP contribution < -0.4 is 14.2 Å². The second kappa shape index (κ2) is 10.2. The summed E-state index contributed by atoms with van der Waals surface area (Å²) < 4.78 is 24.4. The van der Waals surface area contributed by atoms with Crippen molar-refractivity contribution in [3.63, 3.8) is 0 Å². The number of carbonyl (C=O) groups is 1. The third-order valence-electron chi connectivity index (χ3n) is 10.8. The Balaban J connectivity index is 1.00. The first-order valence-electron chi connectivity index (χ1n) is 16.8. The second-order valence-electron chi connectivity index (χ2n) is 14.0. The Morgan fingerprint density at radius 2 is 1.46 bits per heavy atom. The Morgan fingerprint density at radius 3 is 2.11 bits per heavy atom. The molecule has 3 aromatic carbocycles. The minimum absolute atomic E-state index is 0.0167. The zero-order valence-electron chi connectivity index (χ0n) is 26.6. The highest BCUT2D eigenvalue weighted by atomic mass is 16.7. The molecule has 230 valence electrons. The van der Waals surface area contributed by atoms with E-state index < -0.39 is 6.03 Å². The summed E-state index contributed by atoms with van der Waals surface area (Å²) in [5.41, 5.74) is 7.32. The lowest BCUT2D eigenvalue weighted by Crippen LogP contribution is -2.60. The number of aryl methyl sites for hydroxylation is 3. The van der Waals surface area contributed by atoms with Gasteiger partial charge in [-0.25, -0.2) is 0 Å². The Labute approximate surface area is 270 Å². The van der Waals surface area contributed by atoms with Gasteiger partial charge in [0.05, 0.1) is 17.0 Å². The molecule has 2 saturated carbocycles. The summed E-state index contributed by atoms with van der Waals surface area (Å²) in [6.45, 7) is 6.34. The molecule has 3 aliphatic carbocycles. The Kier molecular flexibility index (Phi) is 6.13. The van der Waals surface area contributed by atoms with Crippen molar-refractivity contribution < 1.29 is 28.2 Å². The summed E-state index contributed by atoms with van der Waals surface area (Å²) >= 11 is 0. The first kappa shape index (κ1) is 27.7. The van der Waals surface area contributed by atoms with Gasteiger partial charge in [0.15, 0.2) is 23.9 Å². The van der Waals surface area contributed by atoms with Crippen LogP contribution in [0.5, 0.6) is 17.2 Å². The molecule has 1 saturated heterocycles. The third kappa shape index (κ3) is 4.28. The van der Waals surface area contributed by atoms with Crippen LogP contribution in [0.1, 0.15) is 77.5 Å². The van der Waals surface area contributed by atoms with Gasteiger partial charge in [-0.3, -0.25) is 4.79 Å². The van der Waals surface area contributed by atoms with Crippen molar-refractivity contribution in [2.24, 2.45) is 17.8 Å². The SMILES string of the molecule is Cc1cc(C)c2c(c1)C=[N+]1[C@@H]3CCCCC3[N+]3=Cc4cc(C#Cc5ccc(OC(=O)C6CC7C=CC6C7)cc5)cc(C)c4OC31O2. The molecule has 3 aliphatic heterocycles. The number of carbonyl (C=O) groups excluding carboxylic acids is 1. The van der Waals surface area contributed by atoms with Crippen molar-refractivity contribution in [1.82, 2.24) is 0 Å². The lowest BCUT2D eigenvalue weighted by molar-refractivity contribution is -0.866. The smallest absolute Gasteiger partial charge is 0.426 e. The molecule has 46 heavy (non-hydrogen) atoms. The fraction of sp³-hybridized carbons (Fsp3) is 0.375. The molecule has 6 nitrogen and oxygen atoms in total. The monoisotopic (exact) mass is 610 g/mol. The molecule has 2 bridgehead atoms. The van der Waals surface area contributed by atoms with Gasteiger partial charge >= 0.3 is 12.0 Å². The van der Waals surface area contributed by atoms with E-state index in [9.17, 15) is 4.79 Å². The van der Waals surface area contributed by atoms with Crippen molar-refractivity contribution in [3.05, 3.63) is 99.6 Å². The number of hydrogen-bond donors (Lipinski definition) is 0. The van der Waals surface area contributed by atoms with Gasteiger partial charge in [0.2, 0.25) is 12.1 Å². The summed E-state index contributed by atoms with van der Waals surface area (Å²) in [5, 5.41) is 0. The summed E-state index contributed by atoms with van der Waals surface area (Å²) in [6.07, 6.45) is 15.6. The van der Waals surface area contributed by atoms with Gasteiger partial charge in [0.25, 0.3) is 0 Å². The van der Waals surface area contributed by atoms with Crippen molar-refractivity contribution >= 4 is 18.4 Å². The van der Waals surface area contributed by atoms with E-state index in [1.54, 1.807) is 0 Å². The molecule has 3 fully saturated rings. The lowest BCUT2D eigenvalue weighted by Gasteiger charge is -2.29. The average molecular weight is 611 g/mol. The van der Waals surface area contributed by atoms with Crippen LogP contribution in [0.4, 0.5) is 0 Å². The topological polar surface area (TPSA) is 50.8 Å². The van der Waals surface area contributed by atoms with Crippen LogP contribution >= 0.6 is 0 Å². The van der Waals surface area contributed by atoms with Crippen LogP contribution in [0.3, 0.4) is 0 Å². The molecule has 0 amide bonds. The quantitative estimate of drug-likeness (QED) is 0.111. The highest BCUT2D eigenvalue weighted by molar-refractivity contribution is 5.85. The van der Waals surface area contributed by atoms with E-state index in [0.29, 0.717) is 29.7 Å². The number of allylic oxidation sites excluding steroid dienone is 2. The van der Waals surface area contributed by atoms with E-state index in [2.05, 4.69) is 90.6 Å². The number of benzene rings is 3. The van der Waals surface area contributed by atoms with Crippen molar-refractivity contribution in [2.75, 3.05) is 0 Å². The molecule has 0 aromatic heterocycles. The van der Waals surface area contributed by atoms with E-state index in [0.717, 1.165) is 70.6 Å². The van der Waals surface area contributed by atoms with Crippen LogP contribution in [-0.2, 0) is 4.79 Å². The average Bonchev–Trinajstić information content (AvgIpc) is 3.76. The van der Waals surface area contributed by atoms with E-state index in [4.69, 9.17) is 14.2 Å². The van der Waals surface area contributed by atoms with Crippen molar-refractivity contribution in [2.45, 2.75) is 77.4 Å². The molecule has 0 N–H and O–H groups in total. The van der Waals surface area contributed by atoms with E-state index in [1.807, 2.05) is 24.3 Å². The molecule has 6 heteroatoms. The third-order valence-corrected chi connectivity index (χ3v) is 10.8. The van der Waals surface area contributed by atoms with Gasteiger partial charge in [-0.15, -0.1) is 0 Å². The van der Waals surface area contributed by atoms with Gasteiger partial charge in [0, 0.05) is 24.0 Å². The van der Waals surface area contributed by atoms with Gasteiger partial charge in [-0.1, -0.05) is 39.2 Å². The molecular weight excluding hydrogens is 572 g/mol.